The zero-order chi connectivity index (χ0) is 14.7. The minimum atomic E-state index is 0.0653. The average Bonchev–Trinajstić information content (AvgIpc) is 2.90. The summed E-state index contributed by atoms with van der Waals surface area (Å²) in [6.45, 7) is 2.68. The molecule has 0 aliphatic carbocycles. The van der Waals surface area contributed by atoms with Crippen LogP contribution in [0.4, 0.5) is 0 Å². The molecule has 1 heterocycles. The number of fused-ring (bicyclic) bond motifs is 1. The molecule has 0 spiro atoms. The molecule has 0 fully saturated rings. The van der Waals surface area contributed by atoms with Crippen LogP contribution in [-0.2, 0) is 6.61 Å². The fourth-order valence-corrected chi connectivity index (χ4v) is 2.85. The molecule has 5 heteroatoms. The number of hydrogen-bond acceptors (Lipinski definition) is 4. The van der Waals surface area contributed by atoms with E-state index in [9.17, 15) is 0 Å². The Morgan fingerprint density at radius 1 is 1.19 bits per heavy atom. The van der Waals surface area contributed by atoms with E-state index in [1.165, 1.54) is 0 Å². The Hall–Kier alpha value is -1.98. The van der Waals surface area contributed by atoms with Gasteiger partial charge in [0, 0.05) is 11.0 Å². The lowest BCUT2D eigenvalue weighted by molar-refractivity contribution is 0.282. The first kappa shape index (κ1) is 14.0. The van der Waals surface area contributed by atoms with Crippen molar-refractivity contribution in [1.29, 1.82) is 0 Å². The summed E-state index contributed by atoms with van der Waals surface area (Å²) in [5, 5.41) is 9.89. The second-order valence-electron chi connectivity index (χ2n) is 4.56. The molecule has 0 aliphatic heterocycles. The van der Waals surface area contributed by atoms with E-state index in [0.29, 0.717) is 6.61 Å². The predicted molar refractivity (Wildman–Crippen MR) is 83.8 cm³/mol. The molecule has 108 valence electrons. The molecule has 0 saturated heterocycles. The third-order valence-corrected chi connectivity index (χ3v) is 3.96. The summed E-state index contributed by atoms with van der Waals surface area (Å²) >= 11 is 1.56. The number of H-pyrrole nitrogens is 1. The van der Waals surface area contributed by atoms with Crippen molar-refractivity contribution >= 4 is 22.8 Å². The van der Waals surface area contributed by atoms with Gasteiger partial charge in [0.15, 0.2) is 5.16 Å². The molecule has 3 aromatic rings. The lowest BCUT2D eigenvalue weighted by Gasteiger charge is -2.00. The van der Waals surface area contributed by atoms with Crippen LogP contribution in [0.15, 0.2) is 52.5 Å². The Bertz CT molecular complexity index is 738. The van der Waals surface area contributed by atoms with Crippen molar-refractivity contribution < 1.29 is 9.84 Å². The molecule has 0 saturated carbocycles. The molecule has 0 atom stereocenters. The van der Waals surface area contributed by atoms with Crippen LogP contribution in [0, 0.1) is 0 Å². The van der Waals surface area contributed by atoms with Crippen LogP contribution in [0.5, 0.6) is 5.75 Å². The van der Waals surface area contributed by atoms with Crippen LogP contribution in [0.3, 0.4) is 0 Å². The summed E-state index contributed by atoms with van der Waals surface area (Å²) in [7, 11) is 0. The molecule has 2 aromatic carbocycles. The first-order valence-electron chi connectivity index (χ1n) is 6.78. The molecule has 0 radical (unpaired) electrons. The second kappa shape index (κ2) is 6.20. The van der Waals surface area contributed by atoms with Crippen LogP contribution in [0.25, 0.3) is 11.0 Å². The van der Waals surface area contributed by atoms with Crippen molar-refractivity contribution in [3.05, 3.63) is 48.0 Å². The predicted octanol–water partition coefficient (Wildman–Crippen LogP) is 3.61. The highest BCUT2D eigenvalue weighted by Crippen LogP contribution is 2.28. The maximum atomic E-state index is 9.05. The largest absolute Gasteiger partial charge is 0.494 e. The van der Waals surface area contributed by atoms with Gasteiger partial charge in [-0.05, 0) is 36.8 Å². The quantitative estimate of drug-likeness (QED) is 0.756. The molecule has 21 heavy (non-hydrogen) atoms. The Morgan fingerprint density at radius 3 is 2.71 bits per heavy atom. The lowest BCUT2D eigenvalue weighted by atomic mass is 10.2. The van der Waals surface area contributed by atoms with Gasteiger partial charge in [-0.2, -0.15) is 0 Å². The summed E-state index contributed by atoms with van der Waals surface area (Å²) in [6, 6.07) is 13.6. The maximum Gasteiger partial charge on any atom is 0.171 e. The minimum absolute atomic E-state index is 0.0653. The van der Waals surface area contributed by atoms with Crippen LogP contribution < -0.4 is 4.74 Å². The van der Waals surface area contributed by atoms with E-state index < -0.39 is 0 Å². The monoisotopic (exact) mass is 300 g/mol. The fraction of sp³-hybridized carbons (Fsp3) is 0.188. The highest BCUT2D eigenvalue weighted by atomic mass is 32.2. The van der Waals surface area contributed by atoms with Crippen LogP contribution in [-0.4, -0.2) is 21.7 Å². The molecule has 2 N–H and O–H groups in total. The van der Waals surface area contributed by atoms with E-state index in [-0.39, 0.29) is 6.61 Å². The van der Waals surface area contributed by atoms with E-state index in [1.807, 2.05) is 49.4 Å². The van der Waals surface area contributed by atoms with Gasteiger partial charge in [0.25, 0.3) is 0 Å². The van der Waals surface area contributed by atoms with Crippen LogP contribution >= 0.6 is 11.8 Å². The highest BCUT2D eigenvalue weighted by Gasteiger charge is 2.06. The standard InChI is InChI=1S/C16H16N2O2S/c1-2-20-12-5-8-14-15(9-12)18-16(17-14)21-13-6-3-11(10-19)4-7-13/h3-9,19H,2,10H2,1H3,(H,17,18). The summed E-state index contributed by atoms with van der Waals surface area (Å²) in [4.78, 5) is 8.93. The Kier molecular flexibility index (Phi) is 4.13. The van der Waals surface area contributed by atoms with E-state index in [4.69, 9.17) is 9.84 Å². The van der Waals surface area contributed by atoms with Gasteiger partial charge in [-0.15, -0.1) is 0 Å². The van der Waals surface area contributed by atoms with Crippen molar-refractivity contribution in [1.82, 2.24) is 9.97 Å². The minimum Gasteiger partial charge on any atom is -0.494 e. The van der Waals surface area contributed by atoms with Crippen LogP contribution in [0.1, 0.15) is 12.5 Å². The summed E-state index contributed by atoms with van der Waals surface area (Å²) in [5.41, 5.74) is 2.80. The molecule has 1 aromatic heterocycles. The molecule has 0 bridgehead atoms. The molecule has 4 nitrogen and oxygen atoms in total. The average molecular weight is 300 g/mol. The molecule has 0 amide bonds. The second-order valence-corrected chi connectivity index (χ2v) is 5.62. The van der Waals surface area contributed by atoms with E-state index in [1.54, 1.807) is 11.8 Å². The molecule has 0 aliphatic rings. The van der Waals surface area contributed by atoms with Crippen molar-refractivity contribution in [2.75, 3.05) is 6.61 Å². The SMILES string of the molecule is CCOc1ccc2nc(Sc3ccc(CO)cc3)[nH]c2c1. The van der Waals surface area contributed by atoms with E-state index in [0.717, 1.165) is 32.4 Å². The number of aromatic amines is 1. The summed E-state index contributed by atoms with van der Waals surface area (Å²) < 4.78 is 5.49. The number of aliphatic hydroxyl groups excluding tert-OH is 1. The third kappa shape index (κ3) is 3.20. The number of rotatable bonds is 5. The zero-order valence-electron chi connectivity index (χ0n) is 11.7. The summed E-state index contributed by atoms with van der Waals surface area (Å²) in [6.07, 6.45) is 0. The molecular formula is C16H16N2O2S. The number of nitrogens with zero attached hydrogens (tertiary/aromatic N) is 1. The number of imidazole rings is 1. The normalized spacial score (nSPS) is 11.0. The number of aliphatic hydroxyl groups is 1. The fourth-order valence-electron chi connectivity index (χ4n) is 2.04. The molecular weight excluding hydrogens is 284 g/mol. The Morgan fingerprint density at radius 2 is 2.00 bits per heavy atom. The number of ether oxygens (including phenoxy) is 1. The summed E-state index contributed by atoms with van der Waals surface area (Å²) in [5.74, 6) is 0.845. The van der Waals surface area contributed by atoms with Crippen molar-refractivity contribution in [3.63, 3.8) is 0 Å². The van der Waals surface area contributed by atoms with Gasteiger partial charge in [0.1, 0.15) is 5.75 Å². The Balaban J connectivity index is 1.83. The first-order valence-corrected chi connectivity index (χ1v) is 7.60. The number of benzene rings is 2. The van der Waals surface area contributed by atoms with Gasteiger partial charge in [0.2, 0.25) is 0 Å². The Labute approximate surface area is 127 Å². The highest BCUT2D eigenvalue weighted by molar-refractivity contribution is 7.99. The van der Waals surface area contributed by atoms with E-state index >= 15 is 0 Å². The van der Waals surface area contributed by atoms with Crippen molar-refractivity contribution in [3.8, 4) is 5.75 Å². The number of nitrogens with one attached hydrogen (secondary N) is 1. The first-order chi connectivity index (χ1) is 10.3. The van der Waals surface area contributed by atoms with Gasteiger partial charge in [-0.25, -0.2) is 4.98 Å². The molecule has 0 unspecified atom stereocenters. The third-order valence-electron chi connectivity index (χ3n) is 3.06. The van der Waals surface area contributed by atoms with E-state index in [2.05, 4.69) is 9.97 Å². The van der Waals surface area contributed by atoms with Gasteiger partial charge in [0.05, 0.1) is 24.2 Å². The van der Waals surface area contributed by atoms with Crippen molar-refractivity contribution in [2.45, 2.75) is 23.6 Å². The number of hydrogen-bond donors (Lipinski definition) is 2. The van der Waals surface area contributed by atoms with Gasteiger partial charge in [-0.3, -0.25) is 0 Å². The van der Waals surface area contributed by atoms with Crippen LogP contribution in [0.2, 0.25) is 0 Å². The van der Waals surface area contributed by atoms with Gasteiger partial charge in [-0.1, -0.05) is 23.9 Å². The maximum absolute atomic E-state index is 9.05. The molecule has 3 rings (SSSR count). The number of aromatic nitrogens is 2. The zero-order valence-corrected chi connectivity index (χ0v) is 12.5. The topological polar surface area (TPSA) is 58.1 Å². The van der Waals surface area contributed by atoms with Gasteiger partial charge >= 0.3 is 0 Å². The smallest absolute Gasteiger partial charge is 0.171 e. The van der Waals surface area contributed by atoms with Gasteiger partial charge < -0.3 is 14.8 Å². The lowest BCUT2D eigenvalue weighted by Crippen LogP contribution is -1.90. The van der Waals surface area contributed by atoms with Crippen molar-refractivity contribution in [2.24, 2.45) is 0 Å².